The van der Waals surface area contributed by atoms with Gasteiger partial charge in [-0.25, -0.2) is 8.42 Å². The topological polar surface area (TPSA) is 69.7 Å². The zero-order valence-corrected chi connectivity index (χ0v) is 18.8. The quantitative estimate of drug-likeness (QED) is 0.700. The van der Waals surface area contributed by atoms with Crippen molar-refractivity contribution < 1.29 is 13.2 Å². The van der Waals surface area contributed by atoms with Gasteiger partial charge in [0.05, 0.1) is 11.4 Å². The second-order valence-electron chi connectivity index (χ2n) is 7.59. The second-order valence-corrected chi connectivity index (χ2v) is 9.53. The maximum Gasteiger partial charge on any atom is 0.243 e. The largest absolute Gasteiger partial charge is 0.337 e. The number of benzene rings is 2. The van der Waals surface area contributed by atoms with Crippen molar-refractivity contribution in [1.29, 1.82) is 0 Å². The third kappa shape index (κ3) is 4.91. The Hall–Kier alpha value is -2.22. The average Bonchev–Trinajstić information content (AvgIpc) is 2.77. The van der Waals surface area contributed by atoms with E-state index in [1.54, 1.807) is 12.1 Å². The highest BCUT2D eigenvalue weighted by Gasteiger charge is 2.22. The summed E-state index contributed by atoms with van der Waals surface area (Å²) in [6.45, 7) is 8.18. The molecule has 30 heavy (non-hydrogen) atoms. The summed E-state index contributed by atoms with van der Waals surface area (Å²) < 4.78 is 26.7. The van der Waals surface area contributed by atoms with Gasteiger partial charge in [0.1, 0.15) is 0 Å². The number of nitrogens with zero attached hydrogens (tertiary/aromatic N) is 2. The van der Waals surface area contributed by atoms with E-state index in [-0.39, 0.29) is 18.5 Å². The second kappa shape index (κ2) is 9.73. The first-order valence-corrected chi connectivity index (χ1v) is 12.0. The van der Waals surface area contributed by atoms with E-state index in [2.05, 4.69) is 17.4 Å². The van der Waals surface area contributed by atoms with Crippen LogP contribution in [0.25, 0.3) is 0 Å². The third-order valence-corrected chi connectivity index (χ3v) is 7.83. The van der Waals surface area contributed by atoms with Crippen LogP contribution in [0.1, 0.15) is 43.5 Å². The van der Waals surface area contributed by atoms with E-state index in [0.717, 1.165) is 18.5 Å². The average molecular weight is 430 g/mol. The Morgan fingerprint density at radius 2 is 1.70 bits per heavy atom. The molecule has 7 heteroatoms. The van der Waals surface area contributed by atoms with Gasteiger partial charge in [-0.05, 0) is 42.2 Å². The molecule has 1 N–H and O–H groups in total. The van der Waals surface area contributed by atoms with Crippen LogP contribution >= 0.6 is 0 Å². The Kier molecular flexibility index (Phi) is 7.28. The molecule has 1 heterocycles. The van der Waals surface area contributed by atoms with Gasteiger partial charge in [-0.2, -0.15) is 4.31 Å². The highest BCUT2D eigenvalue weighted by Crippen LogP contribution is 2.20. The van der Waals surface area contributed by atoms with Gasteiger partial charge in [-0.15, -0.1) is 0 Å². The van der Waals surface area contributed by atoms with Crippen molar-refractivity contribution >= 4 is 15.9 Å². The minimum atomic E-state index is -3.46. The van der Waals surface area contributed by atoms with E-state index >= 15 is 0 Å². The normalized spacial score (nSPS) is 15.1. The van der Waals surface area contributed by atoms with Gasteiger partial charge in [0.2, 0.25) is 15.9 Å². The van der Waals surface area contributed by atoms with Gasteiger partial charge in [0.15, 0.2) is 0 Å². The summed E-state index contributed by atoms with van der Waals surface area (Å²) in [5.74, 6) is 0.0806. The number of rotatable bonds is 8. The summed E-state index contributed by atoms with van der Waals surface area (Å²) in [4.78, 5) is 14.8. The fourth-order valence-electron chi connectivity index (χ4n) is 3.82. The smallest absolute Gasteiger partial charge is 0.243 e. The zero-order chi connectivity index (χ0) is 21.7. The Balaban J connectivity index is 1.57. The summed E-state index contributed by atoms with van der Waals surface area (Å²) in [7, 11) is -3.46. The molecule has 2 aromatic rings. The molecule has 0 aliphatic carbocycles. The molecule has 0 fully saturated rings. The van der Waals surface area contributed by atoms with E-state index in [1.165, 1.54) is 15.4 Å². The molecule has 1 aliphatic rings. The standard InChI is InChI=1S/C23H31N3O3S/c1-4-26(5-2)30(28,29)22-12-10-19(11-13-22)18(3)24-16-23(27)25-15-14-20-8-6-7-9-21(20)17-25/h6-13,18,24H,4-5,14-17H2,1-3H3/t18-/m0/s1. The number of fused-ring (bicyclic) bond motifs is 1. The molecule has 0 spiro atoms. The van der Waals surface area contributed by atoms with Crippen LogP contribution in [0.5, 0.6) is 0 Å². The zero-order valence-electron chi connectivity index (χ0n) is 18.0. The molecule has 0 unspecified atom stereocenters. The number of hydrogen-bond acceptors (Lipinski definition) is 4. The lowest BCUT2D eigenvalue weighted by molar-refractivity contribution is -0.131. The van der Waals surface area contributed by atoms with Crippen molar-refractivity contribution in [1.82, 2.24) is 14.5 Å². The van der Waals surface area contributed by atoms with Crippen molar-refractivity contribution in [3.05, 3.63) is 65.2 Å². The molecule has 2 aromatic carbocycles. The molecule has 0 saturated heterocycles. The molecule has 0 saturated carbocycles. The van der Waals surface area contributed by atoms with Crippen molar-refractivity contribution in [2.24, 2.45) is 0 Å². The number of hydrogen-bond donors (Lipinski definition) is 1. The lowest BCUT2D eigenvalue weighted by Gasteiger charge is -2.29. The Bertz CT molecular complexity index is 969. The molecule has 1 aliphatic heterocycles. The van der Waals surface area contributed by atoms with Gasteiger partial charge in [0, 0.05) is 32.2 Å². The fourth-order valence-corrected chi connectivity index (χ4v) is 5.28. The van der Waals surface area contributed by atoms with Crippen molar-refractivity contribution in [2.75, 3.05) is 26.2 Å². The van der Waals surface area contributed by atoms with E-state index in [0.29, 0.717) is 24.5 Å². The van der Waals surface area contributed by atoms with Crippen LogP contribution in [-0.2, 0) is 27.8 Å². The van der Waals surface area contributed by atoms with Crippen LogP contribution in [0.4, 0.5) is 0 Å². The predicted octanol–water partition coefficient (Wildman–Crippen LogP) is 2.95. The molecule has 0 aromatic heterocycles. The minimum absolute atomic E-state index is 0.0590. The molecule has 3 rings (SSSR count). The maximum absolute atomic E-state index is 12.6. The summed E-state index contributed by atoms with van der Waals surface area (Å²) in [6, 6.07) is 15.1. The number of amides is 1. The van der Waals surface area contributed by atoms with E-state index in [9.17, 15) is 13.2 Å². The number of nitrogens with one attached hydrogen (secondary N) is 1. The first-order valence-electron chi connectivity index (χ1n) is 10.5. The number of carbonyl (C=O) groups excluding carboxylic acids is 1. The minimum Gasteiger partial charge on any atom is -0.337 e. The van der Waals surface area contributed by atoms with Crippen LogP contribution in [0.2, 0.25) is 0 Å². The number of carbonyl (C=O) groups is 1. The monoisotopic (exact) mass is 429 g/mol. The van der Waals surface area contributed by atoms with E-state index < -0.39 is 10.0 Å². The van der Waals surface area contributed by atoms with Crippen LogP contribution in [0.3, 0.4) is 0 Å². The highest BCUT2D eigenvalue weighted by molar-refractivity contribution is 7.89. The molecule has 162 valence electrons. The van der Waals surface area contributed by atoms with E-state index in [4.69, 9.17) is 0 Å². The number of sulfonamides is 1. The first kappa shape index (κ1) is 22.5. The fraction of sp³-hybridized carbons (Fsp3) is 0.435. The Morgan fingerprint density at radius 1 is 1.07 bits per heavy atom. The van der Waals surface area contributed by atoms with Gasteiger partial charge < -0.3 is 10.2 Å². The van der Waals surface area contributed by atoms with Gasteiger partial charge in [-0.1, -0.05) is 50.2 Å². The molecule has 1 amide bonds. The summed E-state index contributed by atoms with van der Waals surface area (Å²) >= 11 is 0. The van der Waals surface area contributed by atoms with Gasteiger partial charge in [-0.3, -0.25) is 4.79 Å². The van der Waals surface area contributed by atoms with Crippen molar-refractivity contribution in [2.45, 2.75) is 44.7 Å². The third-order valence-electron chi connectivity index (χ3n) is 5.77. The molecule has 0 radical (unpaired) electrons. The molecular formula is C23H31N3O3S. The lowest BCUT2D eigenvalue weighted by atomic mass is 10.00. The molecule has 1 atom stereocenters. The maximum atomic E-state index is 12.6. The van der Waals surface area contributed by atoms with Crippen LogP contribution in [-0.4, -0.2) is 49.7 Å². The van der Waals surface area contributed by atoms with Crippen LogP contribution in [0.15, 0.2) is 53.4 Å². The van der Waals surface area contributed by atoms with Gasteiger partial charge >= 0.3 is 0 Å². The van der Waals surface area contributed by atoms with E-state index in [1.807, 2.05) is 49.9 Å². The van der Waals surface area contributed by atoms with Crippen molar-refractivity contribution in [3.63, 3.8) is 0 Å². The Labute approximate surface area is 179 Å². The highest BCUT2D eigenvalue weighted by atomic mass is 32.2. The molecular weight excluding hydrogens is 398 g/mol. The SMILES string of the molecule is CCN(CC)S(=O)(=O)c1ccc([C@H](C)NCC(=O)N2CCc3ccccc3C2)cc1. The van der Waals surface area contributed by atoms with Crippen LogP contribution in [0, 0.1) is 0 Å². The molecule has 0 bridgehead atoms. The summed E-state index contributed by atoms with van der Waals surface area (Å²) in [5, 5.41) is 3.27. The Morgan fingerprint density at radius 3 is 2.33 bits per heavy atom. The lowest BCUT2D eigenvalue weighted by Crippen LogP contribution is -2.41. The predicted molar refractivity (Wildman–Crippen MR) is 119 cm³/mol. The summed E-state index contributed by atoms with van der Waals surface area (Å²) in [5.41, 5.74) is 3.49. The summed E-state index contributed by atoms with van der Waals surface area (Å²) in [6.07, 6.45) is 0.889. The molecule has 6 nitrogen and oxygen atoms in total. The van der Waals surface area contributed by atoms with Gasteiger partial charge in [0.25, 0.3) is 0 Å². The van der Waals surface area contributed by atoms with Crippen LogP contribution < -0.4 is 5.32 Å². The first-order chi connectivity index (χ1) is 14.4. The van der Waals surface area contributed by atoms with Crippen molar-refractivity contribution in [3.8, 4) is 0 Å².